The Balaban J connectivity index is 1.89. The van der Waals surface area contributed by atoms with Crippen LogP contribution in [-0.2, 0) is 0 Å². The van der Waals surface area contributed by atoms with E-state index in [0.717, 1.165) is 34.9 Å². The molecule has 100 valence electrons. The van der Waals surface area contributed by atoms with Gasteiger partial charge in [-0.05, 0) is 24.5 Å². The highest BCUT2D eigenvalue weighted by Gasteiger charge is 2.25. The predicted molar refractivity (Wildman–Crippen MR) is 78.9 cm³/mol. The van der Waals surface area contributed by atoms with Crippen LogP contribution in [0.15, 0.2) is 41.1 Å². The van der Waals surface area contributed by atoms with E-state index in [4.69, 9.17) is 0 Å². The third-order valence-electron chi connectivity index (χ3n) is 3.82. The van der Waals surface area contributed by atoms with Crippen molar-refractivity contribution < 1.29 is 5.11 Å². The number of aliphatic hydroxyl groups is 1. The summed E-state index contributed by atoms with van der Waals surface area (Å²) < 4.78 is 3.00. The minimum Gasteiger partial charge on any atom is -0.391 e. The zero-order chi connectivity index (χ0) is 13.2. The summed E-state index contributed by atoms with van der Waals surface area (Å²) in [5, 5.41) is 14.5. The van der Waals surface area contributed by atoms with Crippen molar-refractivity contribution in [2.24, 2.45) is 0 Å². The first kappa shape index (κ1) is 12.9. The van der Waals surface area contributed by atoms with Crippen LogP contribution >= 0.6 is 15.9 Å². The summed E-state index contributed by atoms with van der Waals surface area (Å²) in [4.78, 5) is 0. The second-order valence-electron chi connectivity index (χ2n) is 5.11. The topological polar surface area (TPSA) is 38.0 Å². The lowest BCUT2D eigenvalue weighted by Gasteiger charge is -2.27. The summed E-state index contributed by atoms with van der Waals surface area (Å²) in [5.41, 5.74) is 2.23. The zero-order valence-corrected chi connectivity index (χ0v) is 12.3. The maximum Gasteiger partial charge on any atom is 0.0778 e. The van der Waals surface area contributed by atoms with Crippen molar-refractivity contribution in [3.63, 3.8) is 0 Å². The van der Waals surface area contributed by atoms with E-state index in [-0.39, 0.29) is 12.1 Å². The monoisotopic (exact) mass is 320 g/mol. The van der Waals surface area contributed by atoms with E-state index in [9.17, 15) is 5.11 Å². The largest absolute Gasteiger partial charge is 0.391 e. The Morgan fingerprint density at radius 3 is 2.79 bits per heavy atom. The van der Waals surface area contributed by atoms with Gasteiger partial charge in [0.1, 0.15) is 0 Å². The van der Waals surface area contributed by atoms with Crippen LogP contribution in [0.1, 0.15) is 31.7 Å². The molecule has 1 aliphatic carbocycles. The van der Waals surface area contributed by atoms with E-state index >= 15 is 0 Å². The van der Waals surface area contributed by atoms with Gasteiger partial charge in [-0.3, -0.25) is 4.68 Å². The molecule has 1 aromatic heterocycles. The standard InChI is InChI=1S/C15H17BrN2O/c16-13-6-2-1-5-12(13)11-9-17-18(10-11)14-7-3-4-8-15(14)19/h1-2,5-6,9-10,14-15,19H,3-4,7-8H2. The summed E-state index contributed by atoms with van der Waals surface area (Å²) in [6, 6.07) is 8.26. The fourth-order valence-electron chi connectivity index (χ4n) is 2.75. The molecule has 1 saturated carbocycles. The number of nitrogens with zero attached hydrogens (tertiary/aromatic N) is 2. The van der Waals surface area contributed by atoms with Crippen LogP contribution < -0.4 is 0 Å². The molecular formula is C15H17BrN2O. The van der Waals surface area contributed by atoms with Crippen molar-refractivity contribution >= 4 is 15.9 Å². The van der Waals surface area contributed by atoms with Crippen LogP contribution in [0.25, 0.3) is 11.1 Å². The van der Waals surface area contributed by atoms with E-state index < -0.39 is 0 Å². The molecule has 0 saturated heterocycles. The van der Waals surface area contributed by atoms with Crippen molar-refractivity contribution in [2.45, 2.75) is 37.8 Å². The van der Waals surface area contributed by atoms with Crippen LogP contribution in [0.3, 0.4) is 0 Å². The van der Waals surface area contributed by atoms with E-state index in [0.29, 0.717) is 0 Å². The summed E-state index contributed by atoms with van der Waals surface area (Å²) in [5.74, 6) is 0. The molecule has 3 rings (SSSR count). The van der Waals surface area contributed by atoms with Crippen LogP contribution in [0.2, 0.25) is 0 Å². The summed E-state index contributed by atoms with van der Waals surface area (Å²) in [6.45, 7) is 0. The first-order valence-electron chi connectivity index (χ1n) is 6.73. The Morgan fingerprint density at radius 1 is 1.21 bits per heavy atom. The van der Waals surface area contributed by atoms with E-state index in [1.165, 1.54) is 6.42 Å². The summed E-state index contributed by atoms with van der Waals surface area (Å²) in [6.07, 6.45) is 7.84. The van der Waals surface area contributed by atoms with Gasteiger partial charge >= 0.3 is 0 Å². The lowest BCUT2D eigenvalue weighted by Crippen LogP contribution is -2.27. The molecule has 1 N–H and O–H groups in total. The number of aliphatic hydroxyl groups excluding tert-OH is 1. The van der Waals surface area contributed by atoms with Gasteiger partial charge in [0, 0.05) is 16.2 Å². The van der Waals surface area contributed by atoms with Gasteiger partial charge in [0.05, 0.1) is 18.3 Å². The predicted octanol–water partition coefficient (Wildman–Crippen LogP) is 3.79. The minimum absolute atomic E-state index is 0.130. The van der Waals surface area contributed by atoms with Gasteiger partial charge in [0.15, 0.2) is 0 Å². The Hall–Kier alpha value is -1.13. The van der Waals surface area contributed by atoms with E-state index in [1.54, 1.807) is 0 Å². The number of rotatable bonds is 2. The van der Waals surface area contributed by atoms with Crippen LogP contribution in [-0.4, -0.2) is 21.0 Å². The van der Waals surface area contributed by atoms with Crippen LogP contribution in [0.5, 0.6) is 0 Å². The third-order valence-corrected chi connectivity index (χ3v) is 4.51. The van der Waals surface area contributed by atoms with Crippen molar-refractivity contribution in [3.8, 4) is 11.1 Å². The number of hydrogen-bond acceptors (Lipinski definition) is 2. The third kappa shape index (κ3) is 2.60. The number of halogens is 1. The first-order valence-corrected chi connectivity index (χ1v) is 7.52. The molecule has 4 heteroatoms. The van der Waals surface area contributed by atoms with E-state index in [2.05, 4.69) is 27.1 Å². The second-order valence-corrected chi connectivity index (χ2v) is 5.96. The molecule has 19 heavy (non-hydrogen) atoms. The van der Waals surface area contributed by atoms with Gasteiger partial charge in [-0.2, -0.15) is 5.10 Å². The number of benzene rings is 1. The Kier molecular flexibility index (Phi) is 3.71. The van der Waals surface area contributed by atoms with Gasteiger partial charge in [0.2, 0.25) is 0 Å². The van der Waals surface area contributed by atoms with Crippen LogP contribution in [0, 0.1) is 0 Å². The van der Waals surface area contributed by atoms with Crippen molar-refractivity contribution in [1.29, 1.82) is 0 Å². The summed E-state index contributed by atoms with van der Waals surface area (Å²) in [7, 11) is 0. The molecule has 1 aliphatic rings. The van der Waals surface area contributed by atoms with Crippen molar-refractivity contribution in [2.75, 3.05) is 0 Å². The highest BCUT2D eigenvalue weighted by atomic mass is 79.9. The highest BCUT2D eigenvalue weighted by molar-refractivity contribution is 9.10. The van der Waals surface area contributed by atoms with Crippen LogP contribution in [0.4, 0.5) is 0 Å². The lowest BCUT2D eigenvalue weighted by atomic mass is 9.93. The molecule has 0 aliphatic heterocycles. The normalized spacial score (nSPS) is 23.5. The molecule has 1 aromatic carbocycles. The molecule has 0 amide bonds. The first-order chi connectivity index (χ1) is 9.25. The smallest absolute Gasteiger partial charge is 0.0778 e. The fourth-order valence-corrected chi connectivity index (χ4v) is 3.27. The quantitative estimate of drug-likeness (QED) is 0.914. The van der Waals surface area contributed by atoms with Gasteiger partial charge < -0.3 is 5.11 Å². The van der Waals surface area contributed by atoms with Gasteiger partial charge in [-0.1, -0.05) is 47.0 Å². The molecule has 0 spiro atoms. The molecule has 2 aromatic rings. The molecule has 3 nitrogen and oxygen atoms in total. The van der Waals surface area contributed by atoms with Gasteiger partial charge in [0.25, 0.3) is 0 Å². The average Bonchev–Trinajstić information content (AvgIpc) is 2.89. The Morgan fingerprint density at radius 2 is 2.00 bits per heavy atom. The molecule has 1 heterocycles. The molecule has 0 radical (unpaired) electrons. The zero-order valence-electron chi connectivity index (χ0n) is 10.7. The highest BCUT2D eigenvalue weighted by Crippen LogP contribution is 2.31. The SMILES string of the molecule is OC1CCCCC1n1cc(-c2ccccc2Br)cn1. The van der Waals surface area contributed by atoms with Gasteiger partial charge in [-0.25, -0.2) is 0 Å². The minimum atomic E-state index is -0.263. The van der Waals surface area contributed by atoms with Crippen molar-refractivity contribution in [1.82, 2.24) is 9.78 Å². The second kappa shape index (κ2) is 5.47. The average molecular weight is 321 g/mol. The number of aromatic nitrogens is 2. The maximum absolute atomic E-state index is 10.1. The van der Waals surface area contributed by atoms with E-state index in [1.807, 2.05) is 35.3 Å². The molecule has 2 unspecified atom stereocenters. The van der Waals surface area contributed by atoms with Gasteiger partial charge in [-0.15, -0.1) is 0 Å². The summed E-state index contributed by atoms with van der Waals surface area (Å²) >= 11 is 3.56. The molecular weight excluding hydrogens is 304 g/mol. The Labute approximate surface area is 121 Å². The fraction of sp³-hybridized carbons (Fsp3) is 0.400. The molecule has 0 bridgehead atoms. The van der Waals surface area contributed by atoms with Crippen molar-refractivity contribution in [3.05, 3.63) is 41.1 Å². The number of hydrogen-bond donors (Lipinski definition) is 1. The Bertz CT molecular complexity index is 567. The lowest BCUT2D eigenvalue weighted by molar-refractivity contribution is 0.0695. The molecule has 1 fully saturated rings. The molecule has 2 atom stereocenters. The maximum atomic E-state index is 10.1.